The summed E-state index contributed by atoms with van der Waals surface area (Å²) in [5.41, 5.74) is 0. The fourth-order valence-corrected chi connectivity index (χ4v) is 2.14. The summed E-state index contributed by atoms with van der Waals surface area (Å²) in [6, 6.07) is 1.36. The summed E-state index contributed by atoms with van der Waals surface area (Å²) >= 11 is 0. The first kappa shape index (κ1) is 13.8. The number of hydrogen-bond donors (Lipinski definition) is 2. The fourth-order valence-electron chi connectivity index (χ4n) is 2.14. The monoisotopic (exact) mass is 272 g/mol. The highest BCUT2D eigenvalue weighted by Gasteiger charge is 2.35. The normalized spacial score (nSPS) is 19.1. The van der Waals surface area contributed by atoms with Crippen molar-refractivity contribution in [3.8, 4) is 0 Å². The smallest absolute Gasteiger partial charge is 0.315 e. The van der Waals surface area contributed by atoms with Gasteiger partial charge in [-0.05, 0) is 18.9 Å². The Balaban J connectivity index is 1.62. The highest BCUT2D eigenvalue weighted by molar-refractivity contribution is 5.74. The van der Waals surface area contributed by atoms with Crippen molar-refractivity contribution in [2.24, 2.45) is 0 Å². The van der Waals surface area contributed by atoms with Crippen LogP contribution in [0.25, 0.3) is 0 Å². The minimum Gasteiger partial charge on any atom is -0.336 e. The zero-order chi connectivity index (χ0) is 13.7. The van der Waals surface area contributed by atoms with Gasteiger partial charge in [0.25, 0.3) is 0 Å². The molecule has 0 spiro atoms. The molecule has 1 aromatic rings. The first-order chi connectivity index (χ1) is 9.05. The SMILES string of the molecule is O=C(NCCn1cccn1)NC1CCC(F)(F)CC1. The molecule has 0 bridgehead atoms. The van der Waals surface area contributed by atoms with E-state index in [-0.39, 0.29) is 24.9 Å². The lowest BCUT2D eigenvalue weighted by Crippen LogP contribution is -2.45. The first-order valence-corrected chi connectivity index (χ1v) is 6.45. The minimum atomic E-state index is -2.56. The van der Waals surface area contributed by atoms with Gasteiger partial charge in [0, 0.05) is 37.8 Å². The molecule has 1 heterocycles. The van der Waals surface area contributed by atoms with Gasteiger partial charge in [0.2, 0.25) is 5.92 Å². The quantitative estimate of drug-likeness (QED) is 0.877. The molecule has 0 aliphatic heterocycles. The Morgan fingerprint density at radius 1 is 1.42 bits per heavy atom. The minimum absolute atomic E-state index is 0.148. The van der Waals surface area contributed by atoms with Crippen molar-refractivity contribution in [3.05, 3.63) is 18.5 Å². The van der Waals surface area contributed by atoms with Crippen LogP contribution in [0, 0.1) is 0 Å². The molecule has 1 saturated carbocycles. The molecule has 2 amide bonds. The number of alkyl halides is 2. The van der Waals surface area contributed by atoms with E-state index in [0.717, 1.165) is 0 Å². The predicted octanol–water partition coefficient (Wildman–Crippen LogP) is 1.76. The van der Waals surface area contributed by atoms with Gasteiger partial charge >= 0.3 is 6.03 Å². The van der Waals surface area contributed by atoms with Crippen LogP contribution in [-0.2, 0) is 6.54 Å². The standard InChI is InChI=1S/C12H18F2N4O/c13-12(14)4-2-10(3-5-12)17-11(19)15-7-9-18-8-1-6-16-18/h1,6,8,10H,2-5,7,9H2,(H2,15,17,19). The van der Waals surface area contributed by atoms with E-state index in [9.17, 15) is 13.6 Å². The van der Waals surface area contributed by atoms with Crippen molar-refractivity contribution in [1.82, 2.24) is 20.4 Å². The van der Waals surface area contributed by atoms with E-state index in [1.165, 1.54) is 0 Å². The Morgan fingerprint density at radius 2 is 2.16 bits per heavy atom. The summed E-state index contributed by atoms with van der Waals surface area (Å²) in [6.07, 6.45) is 3.85. The summed E-state index contributed by atoms with van der Waals surface area (Å²) in [7, 11) is 0. The first-order valence-electron chi connectivity index (χ1n) is 6.45. The van der Waals surface area contributed by atoms with E-state index >= 15 is 0 Å². The predicted molar refractivity (Wildman–Crippen MR) is 66.0 cm³/mol. The molecule has 0 unspecified atom stereocenters. The van der Waals surface area contributed by atoms with E-state index < -0.39 is 5.92 Å². The van der Waals surface area contributed by atoms with Gasteiger partial charge in [0.05, 0.1) is 6.54 Å². The molecule has 0 radical (unpaired) electrons. The second-order valence-corrected chi connectivity index (χ2v) is 4.80. The number of nitrogens with zero attached hydrogens (tertiary/aromatic N) is 2. The lowest BCUT2D eigenvalue weighted by atomic mass is 9.92. The van der Waals surface area contributed by atoms with Gasteiger partial charge in [-0.3, -0.25) is 4.68 Å². The number of nitrogens with one attached hydrogen (secondary N) is 2. The second-order valence-electron chi connectivity index (χ2n) is 4.80. The third-order valence-electron chi connectivity index (χ3n) is 3.24. The van der Waals surface area contributed by atoms with Crippen LogP contribution in [0.2, 0.25) is 0 Å². The van der Waals surface area contributed by atoms with E-state index in [2.05, 4.69) is 15.7 Å². The van der Waals surface area contributed by atoms with Crippen LogP contribution in [-0.4, -0.2) is 34.3 Å². The van der Waals surface area contributed by atoms with Crippen molar-refractivity contribution >= 4 is 6.03 Å². The molecule has 19 heavy (non-hydrogen) atoms. The van der Waals surface area contributed by atoms with Crippen LogP contribution in [0.4, 0.5) is 13.6 Å². The molecule has 1 aromatic heterocycles. The molecular formula is C12H18F2N4O. The highest BCUT2D eigenvalue weighted by Crippen LogP contribution is 2.32. The van der Waals surface area contributed by atoms with Crippen LogP contribution < -0.4 is 10.6 Å². The number of rotatable bonds is 4. The fraction of sp³-hybridized carbons (Fsp3) is 0.667. The van der Waals surface area contributed by atoms with Gasteiger partial charge in [-0.15, -0.1) is 0 Å². The zero-order valence-electron chi connectivity index (χ0n) is 10.6. The lowest BCUT2D eigenvalue weighted by molar-refractivity contribution is -0.0395. The van der Waals surface area contributed by atoms with E-state index in [1.807, 2.05) is 12.3 Å². The molecule has 7 heteroatoms. The third kappa shape index (κ3) is 4.50. The van der Waals surface area contributed by atoms with Gasteiger partial charge in [-0.1, -0.05) is 0 Å². The molecule has 1 fully saturated rings. The van der Waals surface area contributed by atoms with Gasteiger partial charge < -0.3 is 10.6 Å². The summed E-state index contributed by atoms with van der Waals surface area (Å²) in [5, 5.41) is 9.42. The molecule has 1 aliphatic rings. The van der Waals surface area contributed by atoms with Crippen molar-refractivity contribution in [1.29, 1.82) is 0 Å². The van der Waals surface area contributed by atoms with Crippen LogP contribution in [0.5, 0.6) is 0 Å². The van der Waals surface area contributed by atoms with E-state index in [4.69, 9.17) is 0 Å². The van der Waals surface area contributed by atoms with Crippen LogP contribution in [0.1, 0.15) is 25.7 Å². The van der Waals surface area contributed by atoms with Gasteiger partial charge in [-0.2, -0.15) is 5.10 Å². The number of carbonyl (C=O) groups excluding carboxylic acids is 1. The van der Waals surface area contributed by atoms with Crippen molar-refractivity contribution in [2.45, 2.75) is 44.2 Å². The Bertz CT molecular complexity index is 398. The molecule has 106 valence electrons. The maximum Gasteiger partial charge on any atom is 0.315 e. The van der Waals surface area contributed by atoms with Gasteiger partial charge in [0.15, 0.2) is 0 Å². The average molecular weight is 272 g/mol. The Kier molecular flexibility index (Phi) is 4.34. The Hall–Kier alpha value is -1.66. The highest BCUT2D eigenvalue weighted by atomic mass is 19.3. The molecular weight excluding hydrogens is 254 g/mol. The van der Waals surface area contributed by atoms with Gasteiger partial charge in [0.1, 0.15) is 0 Å². The van der Waals surface area contributed by atoms with Crippen molar-refractivity contribution in [3.63, 3.8) is 0 Å². The van der Waals surface area contributed by atoms with Gasteiger partial charge in [-0.25, -0.2) is 13.6 Å². The van der Waals surface area contributed by atoms with Crippen molar-refractivity contribution < 1.29 is 13.6 Å². The number of halogens is 2. The molecule has 0 atom stereocenters. The second kappa shape index (κ2) is 5.99. The molecule has 0 aromatic carbocycles. The summed E-state index contributed by atoms with van der Waals surface area (Å²) < 4.78 is 27.6. The Labute approximate surface area is 110 Å². The average Bonchev–Trinajstić information content (AvgIpc) is 2.85. The molecule has 2 N–H and O–H groups in total. The molecule has 5 nitrogen and oxygen atoms in total. The number of urea groups is 1. The number of amides is 2. The van der Waals surface area contributed by atoms with Crippen molar-refractivity contribution in [2.75, 3.05) is 6.54 Å². The van der Waals surface area contributed by atoms with E-state index in [0.29, 0.717) is 25.9 Å². The maximum atomic E-state index is 12.9. The molecule has 2 rings (SSSR count). The third-order valence-corrected chi connectivity index (χ3v) is 3.24. The number of aromatic nitrogens is 2. The summed E-state index contributed by atoms with van der Waals surface area (Å²) in [4.78, 5) is 11.6. The molecule has 0 saturated heterocycles. The van der Waals surface area contributed by atoms with Crippen LogP contribution >= 0.6 is 0 Å². The van der Waals surface area contributed by atoms with Crippen LogP contribution in [0.3, 0.4) is 0 Å². The van der Waals surface area contributed by atoms with Crippen LogP contribution in [0.15, 0.2) is 18.5 Å². The Morgan fingerprint density at radius 3 is 2.79 bits per heavy atom. The lowest BCUT2D eigenvalue weighted by Gasteiger charge is -2.28. The van der Waals surface area contributed by atoms with E-state index in [1.54, 1.807) is 10.9 Å². The number of carbonyl (C=O) groups is 1. The number of hydrogen-bond acceptors (Lipinski definition) is 2. The topological polar surface area (TPSA) is 59.0 Å². The summed E-state index contributed by atoms with van der Waals surface area (Å²) in [5.74, 6) is -2.56. The molecule has 1 aliphatic carbocycles. The zero-order valence-corrected chi connectivity index (χ0v) is 10.6. The maximum absolute atomic E-state index is 12.9. The largest absolute Gasteiger partial charge is 0.336 e. The summed E-state index contributed by atoms with van der Waals surface area (Å²) in [6.45, 7) is 1.04.